The van der Waals surface area contributed by atoms with E-state index in [0.29, 0.717) is 6.54 Å². The fourth-order valence-electron chi connectivity index (χ4n) is 2.80. The molecular formula is C20H20N6. The Morgan fingerprint density at radius 2 is 1.81 bits per heavy atom. The van der Waals surface area contributed by atoms with E-state index in [4.69, 9.17) is 4.98 Å². The smallest absolute Gasteiger partial charge is 0.161 e. The van der Waals surface area contributed by atoms with Crippen LogP contribution < -0.4 is 5.32 Å². The summed E-state index contributed by atoms with van der Waals surface area (Å²) in [6, 6.07) is 12.2. The van der Waals surface area contributed by atoms with Crippen molar-refractivity contribution < 1.29 is 0 Å². The number of nitrogens with one attached hydrogen (secondary N) is 1. The van der Waals surface area contributed by atoms with Gasteiger partial charge in [0.1, 0.15) is 5.82 Å². The number of fused-ring (bicyclic) bond motifs is 1. The van der Waals surface area contributed by atoms with E-state index in [1.165, 1.54) is 0 Å². The van der Waals surface area contributed by atoms with Crippen molar-refractivity contribution in [1.29, 1.82) is 0 Å². The molecule has 1 aromatic carbocycles. The molecule has 0 bridgehead atoms. The number of hydrogen-bond acceptors (Lipinski definition) is 5. The fourth-order valence-corrected chi connectivity index (χ4v) is 2.80. The molecule has 0 amide bonds. The van der Waals surface area contributed by atoms with Gasteiger partial charge in [0.05, 0.1) is 35.5 Å². The molecule has 0 unspecified atom stereocenters. The second-order valence-corrected chi connectivity index (χ2v) is 6.34. The molecule has 4 aromatic rings. The lowest BCUT2D eigenvalue weighted by Crippen LogP contribution is -2.08. The van der Waals surface area contributed by atoms with Crippen LogP contribution in [0.2, 0.25) is 0 Å². The van der Waals surface area contributed by atoms with Crippen LogP contribution in [0.15, 0.2) is 48.8 Å². The second kappa shape index (κ2) is 6.55. The van der Waals surface area contributed by atoms with Gasteiger partial charge in [0.15, 0.2) is 5.65 Å². The first-order valence-corrected chi connectivity index (χ1v) is 8.55. The van der Waals surface area contributed by atoms with Crippen LogP contribution in [-0.2, 0) is 6.54 Å². The molecule has 1 N–H and O–H groups in total. The van der Waals surface area contributed by atoms with Crippen LogP contribution in [0.4, 0.5) is 5.82 Å². The third kappa shape index (κ3) is 3.01. The van der Waals surface area contributed by atoms with Gasteiger partial charge in [0.25, 0.3) is 0 Å². The van der Waals surface area contributed by atoms with E-state index < -0.39 is 0 Å². The van der Waals surface area contributed by atoms with E-state index in [9.17, 15) is 0 Å². The van der Waals surface area contributed by atoms with Gasteiger partial charge in [-0.05, 0) is 20.8 Å². The van der Waals surface area contributed by atoms with Crippen molar-refractivity contribution in [2.75, 3.05) is 5.32 Å². The highest BCUT2D eigenvalue weighted by Crippen LogP contribution is 2.25. The molecule has 0 atom stereocenters. The molecule has 130 valence electrons. The van der Waals surface area contributed by atoms with Crippen LogP contribution in [-0.4, -0.2) is 24.6 Å². The molecule has 3 aromatic heterocycles. The summed E-state index contributed by atoms with van der Waals surface area (Å²) in [5, 5.41) is 8.06. The third-order valence-corrected chi connectivity index (χ3v) is 4.41. The topological polar surface area (TPSA) is 68.0 Å². The van der Waals surface area contributed by atoms with Crippen molar-refractivity contribution in [3.05, 3.63) is 71.4 Å². The van der Waals surface area contributed by atoms with Crippen molar-refractivity contribution in [2.45, 2.75) is 27.3 Å². The Balaban J connectivity index is 1.76. The molecule has 0 spiro atoms. The van der Waals surface area contributed by atoms with Gasteiger partial charge in [0.2, 0.25) is 0 Å². The summed E-state index contributed by atoms with van der Waals surface area (Å²) in [6.45, 7) is 6.55. The zero-order valence-electron chi connectivity index (χ0n) is 15.1. The second-order valence-electron chi connectivity index (χ2n) is 6.34. The van der Waals surface area contributed by atoms with Gasteiger partial charge in [-0.3, -0.25) is 9.97 Å². The summed E-state index contributed by atoms with van der Waals surface area (Å²) in [4.78, 5) is 13.5. The highest BCUT2D eigenvalue weighted by Gasteiger charge is 2.13. The van der Waals surface area contributed by atoms with Crippen molar-refractivity contribution in [2.24, 2.45) is 0 Å². The van der Waals surface area contributed by atoms with Crippen LogP contribution in [0.3, 0.4) is 0 Å². The van der Waals surface area contributed by atoms with Gasteiger partial charge in [-0.15, -0.1) is 0 Å². The first-order chi connectivity index (χ1) is 12.6. The molecule has 26 heavy (non-hydrogen) atoms. The zero-order valence-corrected chi connectivity index (χ0v) is 15.1. The number of rotatable bonds is 4. The molecule has 0 aliphatic rings. The van der Waals surface area contributed by atoms with Crippen LogP contribution in [0.5, 0.6) is 0 Å². The Morgan fingerprint density at radius 1 is 1.00 bits per heavy atom. The van der Waals surface area contributed by atoms with Crippen LogP contribution in [0.1, 0.15) is 22.6 Å². The minimum Gasteiger partial charge on any atom is -0.364 e. The molecule has 0 saturated heterocycles. The summed E-state index contributed by atoms with van der Waals surface area (Å²) < 4.78 is 1.86. The third-order valence-electron chi connectivity index (χ3n) is 4.41. The Kier molecular flexibility index (Phi) is 4.08. The van der Waals surface area contributed by atoms with Crippen molar-refractivity contribution in [3.63, 3.8) is 0 Å². The molecule has 0 aliphatic heterocycles. The Morgan fingerprint density at radius 3 is 2.54 bits per heavy atom. The fraction of sp³-hybridized carbons (Fsp3) is 0.200. The average molecular weight is 344 g/mol. The molecule has 0 saturated carbocycles. The number of anilines is 1. The van der Waals surface area contributed by atoms with Gasteiger partial charge >= 0.3 is 0 Å². The van der Waals surface area contributed by atoms with E-state index in [1.807, 2.05) is 42.6 Å². The predicted octanol–water partition coefficient (Wildman–Crippen LogP) is 3.72. The van der Waals surface area contributed by atoms with Gasteiger partial charge in [0, 0.05) is 23.4 Å². The van der Waals surface area contributed by atoms with Gasteiger partial charge < -0.3 is 5.32 Å². The minimum atomic E-state index is 0.568. The average Bonchev–Trinajstić information content (AvgIpc) is 2.96. The number of hydrogen-bond donors (Lipinski definition) is 1. The normalized spacial score (nSPS) is 11.0. The SMILES string of the molecule is Cc1cnc(CNc2cc(-c3ccccc3)nc3c(C)c(C)nn23)cn1. The lowest BCUT2D eigenvalue weighted by Gasteiger charge is -2.11. The van der Waals surface area contributed by atoms with E-state index in [0.717, 1.165) is 45.4 Å². The quantitative estimate of drug-likeness (QED) is 0.611. The molecule has 0 fully saturated rings. The highest BCUT2D eigenvalue weighted by molar-refractivity contribution is 5.68. The molecule has 3 heterocycles. The van der Waals surface area contributed by atoms with E-state index in [2.05, 4.69) is 39.4 Å². The summed E-state index contributed by atoms with van der Waals surface area (Å²) in [5.74, 6) is 0.882. The van der Waals surface area contributed by atoms with E-state index in [-0.39, 0.29) is 0 Å². The molecule has 0 aliphatic carbocycles. The maximum Gasteiger partial charge on any atom is 0.161 e. The van der Waals surface area contributed by atoms with Crippen molar-refractivity contribution in [1.82, 2.24) is 24.6 Å². The number of aryl methyl sites for hydroxylation is 3. The highest BCUT2D eigenvalue weighted by atomic mass is 15.3. The standard InChI is InChI=1S/C20H20N6/c1-13-10-22-17(11-21-13)12-23-19-9-18(16-7-5-4-6-8-16)24-20-14(2)15(3)25-26(19)20/h4-11,23H,12H2,1-3H3. The minimum absolute atomic E-state index is 0.568. The summed E-state index contributed by atoms with van der Waals surface area (Å²) in [5.41, 5.74) is 6.69. The first kappa shape index (κ1) is 16.2. The summed E-state index contributed by atoms with van der Waals surface area (Å²) in [7, 11) is 0. The maximum atomic E-state index is 4.83. The van der Waals surface area contributed by atoms with Gasteiger partial charge in [-0.2, -0.15) is 9.61 Å². The Bertz CT molecular complexity index is 1050. The maximum absolute atomic E-state index is 4.83. The first-order valence-electron chi connectivity index (χ1n) is 8.55. The monoisotopic (exact) mass is 344 g/mol. The van der Waals surface area contributed by atoms with E-state index >= 15 is 0 Å². The molecule has 0 radical (unpaired) electrons. The van der Waals surface area contributed by atoms with E-state index in [1.54, 1.807) is 12.4 Å². The lowest BCUT2D eigenvalue weighted by atomic mass is 10.1. The molecule has 6 nitrogen and oxygen atoms in total. The van der Waals surface area contributed by atoms with Crippen molar-refractivity contribution in [3.8, 4) is 11.3 Å². The molecule has 4 rings (SSSR count). The Hall–Kier alpha value is -3.28. The number of nitrogens with zero attached hydrogens (tertiary/aromatic N) is 5. The number of benzene rings is 1. The lowest BCUT2D eigenvalue weighted by molar-refractivity contribution is 0.896. The zero-order chi connectivity index (χ0) is 18.1. The molecular weight excluding hydrogens is 324 g/mol. The van der Waals surface area contributed by atoms with Crippen LogP contribution in [0, 0.1) is 20.8 Å². The largest absolute Gasteiger partial charge is 0.364 e. The van der Waals surface area contributed by atoms with Gasteiger partial charge in [-0.25, -0.2) is 4.98 Å². The van der Waals surface area contributed by atoms with Crippen molar-refractivity contribution >= 4 is 11.5 Å². The van der Waals surface area contributed by atoms with Gasteiger partial charge in [-0.1, -0.05) is 30.3 Å². The van der Waals surface area contributed by atoms with Crippen LogP contribution in [0.25, 0.3) is 16.9 Å². The Labute approximate surface area is 152 Å². The molecule has 6 heteroatoms. The predicted molar refractivity (Wildman–Crippen MR) is 102 cm³/mol. The number of aromatic nitrogens is 5. The van der Waals surface area contributed by atoms with Crippen LogP contribution >= 0.6 is 0 Å². The summed E-state index contributed by atoms with van der Waals surface area (Å²) in [6.07, 6.45) is 3.56. The summed E-state index contributed by atoms with van der Waals surface area (Å²) >= 11 is 0.